The molecule has 3 nitrogen and oxygen atoms in total. The van der Waals surface area contributed by atoms with E-state index >= 15 is 0 Å². The molecule has 0 saturated heterocycles. The lowest BCUT2D eigenvalue weighted by atomic mass is 10.0. The third-order valence-electron chi connectivity index (χ3n) is 3.83. The summed E-state index contributed by atoms with van der Waals surface area (Å²) in [4.78, 5) is 2.21. The average molecular weight is 307 g/mol. The average Bonchev–Trinajstić information content (AvgIpc) is 2.84. The van der Waals surface area contributed by atoms with E-state index in [1.807, 2.05) is 25.1 Å². The minimum atomic E-state index is 0.159. The van der Waals surface area contributed by atoms with Gasteiger partial charge in [0.2, 0.25) is 0 Å². The topological polar surface area (TPSA) is 42.4 Å². The molecular weight excluding hydrogens is 284 g/mol. The van der Waals surface area contributed by atoms with E-state index in [4.69, 9.17) is 21.8 Å². The van der Waals surface area contributed by atoms with Crippen molar-refractivity contribution in [1.82, 2.24) is 0 Å². The Morgan fingerprint density at radius 3 is 2.67 bits per heavy atom. The molecule has 1 unspecified atom stereocenters. The number of halogens is 1. The van der Waals surface area contributed by atoms with Crippen LogP contribution in [0.15, 0.2) is 34.9 Å². The Morgan fingerprint density at radius 2 is 2.05 bits per heavy atom. The lowest BCUT2D eigenvalue weighted by Gasteiger charge is -2.23. The van der Waals surface area contributed by atoms with E-state index in [-0.39, 0.29) is 6.04 Å². The van der Waals surface area contributed by atoms with Crippen LogP contribution >= 0.6 is 11.6 Å². The molecule has 0 aliphatic rings. The van der Waals surface area contributed by atoms with Crippen LogP contribution < -0.4 is 10.6 Å². The summed E-state index contributed by atoms with van der Waals surface area (Å²) in [5, 5.41) is 0.755. The highest BCUT2D eigenvalue weighted by molar-refractivity contribution is 6.30. The molecule has 21 heavy (non-hydrogen) atoms. The largest absolute Gasteiger partial charge is 0.469 e. The molecule has 0 spiro atoms. The maximum atomic E-state index is 6.14. The lowest BCUT2D eigenvalue weighted by molar-refractivity contribution is 0.529. The number of aryl methyl sites for hydroxylation is 1. The summed E-state index contributed by atoms with van der Waals surface area (Å²) in [5.74, 6) is 0.961. The third kappa shape index (κ3) is 4.02. The van der Waals surface area contributed by atoms with Crippen molar-refractivity contribution in [3.8, 4) is 0 Å². The molecule has 2 aromatic rings. The molecule has 2 N–H and O–H groups in total. The van der Waals surface area contributed by atoms with Gasteiger partial charge in [0.1, 0.15) is 5.76 Å². The van der Waals surface area contributed by atoms with Gasteiger partial charge in [-0.2, -0.15) is 0 Å². The quantitative estimate of drug-likeness (QED) is 0.871. The van der Waals surface area contributed by atoms with Gasteiger partial charge in [-0.25, -0.2) is 0 Å². The van der Waals surface area contributed by atoms with Crippen LogP contribution in [0.3, 0.4) is 0 Å². The summed E-state index contributed by atoms with van der Waals surface area (Å²) < 4.78 is 5.36. The lowest BCUT2D eigenvalue weighted by Crippen LogP contribution is -2.24. The molecule has 4 heteroatoms. The van der Waals surface area contributed by atoms with Gasteiger partial charge >= 0.3 is 0 Å². The van der Waals surface area contributed by atoms with E-state index in [9.17, 15) is 0 Å². The molecule has 1 aromatic carbocycles. The van der Waals surface area contributed by atoms with Gasteiger partial charge in [-0.15, -0.1) is 0 Å². The smallest absolute Gasteiger partial charge is 0.105 e. The van der Waals surface area contributed by atoms with Gasteiger partial charge in [0.05, 0.1) is 6.26 Å². The summed E-state index contributed by atoms with van der Waals surface area (Å²) in [7, 11) is 2.08. The standard InChI is InChI=1S/C17H23ClN2O/c1-4-16(19)10-14-9-15(18)5-6-17(14)20(3)11-13-7-8-21-12(13)2/h5-9,16H,4,10-11,19H2,1-3H3. The van der Waals surface area contributed by atoms with E-state index < -0.39 is 0 Å². The summed E-state index contributed by atoms with van der Waals surface area (Å²) in [6.07, 6.45) is 3.52. The van der Waals surface area contributed by atoms with Crippen LogP contribution in [-0.2, 0) is 13.0 Å². The van der Waals surface area contributed by atoms with E-state index in [0.29, 0.717) is 0 Å². The number of benzene rings is 1. The fraction of sp³-hybridized carbons (Fsp3) is 0.412. The van der Waals surface area contributed by atoms with Gasteiger partial charge in [-0.05, 0) is 49.6 Å². The highest BCUT2D eigenvalue weighted by Gasteiger charge is 2.13. The van der Waals surface area contributed by atoms with Crippen molar-refractivity contribution in [3.05, 3.63) is 52.4 Å². The molecule has 0 radical (unpaired) electrons. The molecule has 1 aromatic heterocycles. The Kier molecular flexibility index (Phi) is 5.32. The van der Waals surface area contributed by atoms with Gasteiger partial charge in [0.25, 0.3) is 0 Å². The highest BCUT2D eigenvalue weighted by atomic mass is 35.5. The number of furan rings is 1. The van der Waals surface area contributed by atoms with Crippen LogP contribution in [0, 0.1) is 6.92 Å². The fourth-order valence-electron chi connectivity index (χ4n) is 2.43. The molecule has 2 rings (SSSR count). The number of hydrogen-bond acceptors (Lipinski definition) is 3. The summed E-state index contributed by atoms with van der Waals surface area (Å²) in [6.45, 7) is 4.89. The Morgan fingerprint density at radius 1 is 1.29 bits per heavy atom. The van der Waals surface area contributed by atoms with Crippen LogP contribution in [0.5, 0.6) is 0 Å². The van der Waals surface area contributed by atoms with Crippen LogP contribution in [0.25, 0.3) is 0 Å². The zero-order chi connectivity index (χ0) is 15.4. The van der Waals surface area contributed by atoms with Crippen molar-refractivity contribution >= 4 is 17.3 Å². The number of nitrogens with two attached hydrogens (primary N) is 1. The van der Waals surface area contributed by atoms with E-state index in [2.05, 4.69) is 24.9 Å². The first-order valence-electron chi connectivity index (χ1n) is 7.29. The van der Waals surface area contributed by atoms with Crippen molar-refractivity contribution in [2.24, 2.45) is 5.73 Å². The van der Waals surface area contributed by atoms with Crippen LogP contribution in [0.4, 0.5) is 5.69 Å². The Hall–Kier alpha value is -1.45. The maximum absolute atomic E-state index is 6.14. The van der Waals surface area contributed by atoms with Gasteiger partial charge < -0.3 is 15.1 Å². The molecular formula is C17H23ClN2O. The normalized spacial score (nSPS) is 12.4. The molecule has 0 fully saturated rings. The first-order valence-corrected chi connectivity index (χ1v) is 7.67. The second kappa shape index (κ2) is 7.01. The van der Waals surface area contributed by atoms with E-state index in [1.54, 1.807) is 6.26 Å². The Balaban J connectivity index is 2.23. The van der Waals surface area contributed by atoms with Crippen molar-refractivity contribution < 1.29 is 4.42 Å². The molecule has 114 valence electrons. The van der Waals surface area contributed by atoms with Crippen molar-refractivity contribution in [1.29, 1.82) is 0 Å². The van der Waals surface area contributed by atoms with E-state index in [1.165, 1.54) is 16.8 Å². The molecule has 0 amide bonds. The van der Waals surface area contributed by atoms with Gasteiger partial charge in [-0.1, -0.05) is 18.5 Å². The minimum Gasteiger partial charge on any atom is -0.469 e. The monoisotopic (exact) mass is 306 g/mol. The number of anilines is 1. The van der Waals surface area contributed by atoms with Crippen molar-refractivity contribution in [3.63, 3.8) is 0 Å². The zero-order valence-electron chi connectivity index (χ0n) is 12.9. The second-order valence-corrected chi connectivity index (χ2v) is 5.94. The maximum Gasteiger partial charge on any atom is 0.105 e. The first kappa shape index (κ1) is 15.9. The van der Waals surface area contributed by atoms with Crippen molar-refractivity contribution in [2.75, 3.05) is 11.9 Å². The fourth-order valence-corrected chi connectivity index (χ4v) is 2.63. The summed E-state index contributed by atoms with van der Waals surface area (Å²) in [5.41, 5.74) is 9.67. The van der Waals surface area contributed by atoms with Crippen molar-refractivity contribution in [2.45, 2.75) is 39.3 Å². The molecule has 0 bridgehead atoms. The molecule has 0 saturated carbocycles. The third-order valence-corrected chi connectivity index (χ3v) is 4.07. The van der Waals surface area contributed by atoms with Gasteiger partial charge in [0, 0.05) is 35.9 Å². The van der Waals surface area contributed by atoms with Crippen LogP contribution in [0.1, 0.15) is 30.2 Å². The van der Waals surface area contributed by atoms with Crippen LogP contribution in [-0.4, -0.2) is 13.1 Å². The summed E-state index contributed by atoms with van der Waals surface area (Å²) >= 11 is 6.14. The first-order chi connectivity index (χ1) is 10.0. The highest BCUT2D eigenvalue weighted by Crippen LogP contribution is 2.27. The number of rotatable bonds is 6. The Labute approximate surface area is 131 Å². The predicted molar refractivity (Wildman–Crippen MR) is 89.0 cm³/mol. The zero-order valence-corrected chi connectivity index (χ0v) is 13.7. The SMILES string of the molecule is CCC(N)Cc1cc(Cl)ccc1N(C)Cc1ccoc1C. The van der Waals surface area contributed by atoms with E-state index in [0.717, 1.165) is 30.2 Å². The van der Waals surface area contributed by atoms with Crippen LogP contribution in [0.2, 0.25) is 5.02 Å². The summed E-state index contributed by atoms with van der Waals surface area (Å²) in [6, 6.07) is 8.18. The van der Waals surface area contributed by atoms with Gasteiger partial charge in [0.15, 0.2) is 0 Å². The minimum absolute atomic E-state index is 0.159. The number of hydrogen-bond donors (Lipinski definition) is 1. The van der Waals surface area contributed by atoms with Gasteiger partial charge in [-0.3, -0.25) is 0 Å². The molecule has 0 aliphatic carbocycles. The Bertz CT molecular complexity index is 594. The number of nitrogens with zero attached hydrogens (tertiary/aromatic N) is 1. The molecule has 1 atom stereocenters. The predicted octanol–water partition coefficient (Wildman–Crippen LogP) is 4.16. The molecule has 1 heterocycles. The molecule has 0 aliphatic heterocycles. The second-order valence-electron chi connectivity index (χ2n) is 5.50.